The molecule has 6 heteroatoms. The predicted octanol–water partition coefficient (Wildman–Crippen LogP) is 5.26. The summed E-state index contributed by atoms with van der Waals surface area (Å²) in [6.07, 6.45) is 4.67. The summed E-state index contributed by atoms with van der Waals surface area (Å²) in [4.78, 5) is 28.2. The van der Waals surface area contributed by atoms with Crippen LogP contribution < -0.4 is 5.32 Å². The average molecular weight is 553 g/mol. The fourth-order valence-electron chi connectivity index (χ4n) is 7.02. The monoisotopic (exact) mass is 552 g/mol. The molecule has 3 N–H and O–H groups in total. The Labute approximate surface area is 242 Å². The van der Waals surface area contributed by atoms with E-state index in [9.17, 15) is 19.8 Å². The Morgan fingerprint density at radius 2 is 1.73 bits per heavy atom. The van der Waals surface area contributed by atoms with Gasteiger partial charge in [-0.15, -0.1) is 0 Å². The number of rotatable bonds is 9. The van der Waals surface area contributed by atoms with Gasteiger partial charge in [0.05, 0.1) is 11.2 Å². The molecule has 3 atom stereocenters. The van der Waals surface area contributed by atoms with E-state index in [0.29, 0.717) is 43.7 Å². The molecule has 0 heterocycles. The van der Waals surface area contributed by atoms with Crippen LogP contribution in [0.1, 0.15) is 72.0 Å². The van der Waals surface area contributed by atoms with Gasteiger partial charge in [0.25, 0.3) is 5.91 Å². The van der Waals surface area contributed by atoms with Gasteiger partial charge >= 0.3 is 0 Å². The van der Waals surface area contributed by atoms with Gasteiger partial charge in [0.1, 0.15) is 11.5 Å². The first kappa shape index (κ1) is 27.7. The number of hydrogen-bond acceptors (Lipinski definition) is 5. The highest BCUT2D eigenvalue weighted by molar-refractivity contribution is 5.97. The van der Waals surface area contributed by atoms with Crippen molar-refractivity contribution in [3.8, 4) is 16.9 Å². The van der Waals surface area contributed by atoms with Crippen LogP contribution in [-0.2, 0) is 17.6 Å². The number of benzene rings is 3. The Morgan fingerprint density at radius 3 is 2.44 bits per heavy atom. The maximum absolute atomic E-state index is 13.2. The summed E-state index contributed by atoms with van der Waals surface area (Å²) in [5.74, 6) is -0.160. The highest BCUT2D eigenvalue weighted by Crippen LogP contribution is 2.52. The van der Waals surface area contributed by atoms with Crippen LogP contribution in [0.2, 0.25) is 0 Å². The summed E-state index contributed by atoms with van der Waals surface area (Å²) < 4.78 is 0. The lowest BCUT2D eigenvalue weighted by molar-refractivity contribution is -0.135. The number of hydrogen-bond donors (Lipinski definition) is 3. The van der Waals surface area contributed by atoms with Gasteiger partial charge in [-0.05, 0) is 72.9 Å². The van der Waals surface area contributed by atoms with Crippen LogP contribution in [0.15, 0.2) is 66.7 Å². The van der Waals surface area contributed by atoms with Crippen LogP contribution >= 0.6 is 0 Å². The van der Waals surface area contributed by atoms with Crippen molar-refractivity contribution in [2.24, 2.45) is 5.92 Å². The van der Waals surface area contributed by atoms with Crippen LogP contribution in [0, 0.1) is 5.92 Å². The maximum atomic E-state index is 13.2. The van der Waals surface area contributed by atoms with Gasteiger partial charge in [0.15, 0.2) is 0 Å². The second-order valence-corrected chi connectivity index (χ2v) is 12.1. The van der Waals surface area contributed by atoms with Gasteiger partial charge in [-0.25, -0.2) is 0 Å². The van der Waals surface area contributed by atoms with E-state index in [1.807, 2.05) is 24.3 Å². The van der Waals surface area contributed by atoms with Crippen LogP contribution in [0.25, 0.3) is 11.1 Å². The molecule has 0 aromatic heterocycles. The number of phenols is 1. The summed E-state index contributed by atoms with van der Waals surface area (Å²) in [6, 6.07) is 22.0. The molecule has 3 aliphatic carbocycles. The van der Waals surface area contributed by atoms with Crippen molar-refractivity contribution in [3.63, 3.8) is 0 Å². The number of likely N-dealkylation sites (N-methyl/N-ethyl adjacent to an activating group) is 1. The number of carbonyl (C=O) groups is 2. The molecule has 0 radical (unpaired) electrons. The minimum absolute atomic E-state index is 0.0889. The van der Waals surface area contributed by atoms with Crippen molar-refractivity contribution >= 4 is 11.7 Å². The second-order valence-electron chi connectivity index (χ2n) is 12.1. The summed E-state index contributed by atoms with van der Waals surface area (Å²) in [5, 5.41) is 26.6. The largest absolute Gasteiger partial charge is 0.507 e. The smallest absolute Gasteiger partial charge is 0.255 e. The molecule has 0 spiro atoms. The number of aliphatic hydroxyl groups is 1. The van der Waals surface area contributed by atoms with Crippen molar-refractivity contribution in [3.05, 3.63) is 89.0 Å². The SMILES string of the molecule is CCN(CC1CC1)[C@@H]1Cc2ccc(C(=O)NCCc3ccc(-c4ccccc4)cc3)c(O)c2C2CC(=O)CC[C@]21O. The quantitative estimate of drug-likeness (QED) is 0.337. The topological polar surface area (TPSA) is 89.9 Å². The van der Waals surface area contributed by atoms with Crippen LogP contribution in [0.3, 0.4) is 0 Å². The van der Waals surface area contributed by atoms with Gasteiger partial charge in [0.2, 0.25) is 0 Å². The minimum atomic E-state index is -1.11. The number of nitrogens with one attached hydrogen (secondary N) is 1. The lowest BCUT2D eigenvalue weighted by Crippen LogP contribution is -2.61. The van der Waals surface area contributed by atoms with Gasteiger partial charge in [-0.1, -0.05) is 67.6 Å². The van der Waals surface area contributed by atoms with Gasteiger partial charge in [0, 0.05) is 43.5 Å². The fraction of sp³-hybridized carbons (Fsp3) is 0.429. The number of phenolic OH excluding ortho intramolecular Hbond substituents is 1. The van der Waals surface area contributed by atoms with E-state index in [2.05, 4.69) is 53.5 Å². The third-order valence-corrected chi connectivity index (χ3v) is 9.53. The number of aromatic hydroxyl groups is 1. The van der Waals surface area contributed by atoms with Crippen molar-refractivity contribution < 1.29 is 19.8 Å². The zero-order chi connectivity index (χ0) is 28.6. The number of nitrogens with zero attached hydrogens (tertiary/aromatic N) is 1. The summed E-state index contributed by atoms with van der Waals surface area (Å²) in [7, 11) is 0. The molecule has 2 fully saturated rings. The Hall–Kier alpha value is -3.48. The molecule has 3 aliphatic rings. The Kier molecular flexibility index (Phi) is 7.71. The maximum Gasteiger partial charge on any atom is 0.255 e. The number of Topliss-reactive ketones (excluding diaryl/α,β-unsaturated/α-hetero) is 1. The first-order chi connectivity index (χ1) is 19.9. The molecular formula is C35H40N2O4. The molecule has 0 bridgehead atoms. The molecule has 0 saturated heterocycles. The third kappa shape index (κ3) is 5.55. The molecule has 1 amide bonds. The first-order valence-electron chi connectivity index (χ1n) is 15.1. The zero-order valence-electron chi connectivity index (χ0n) is 23.8. The molecule has 3 aromatic carbocycles. The van der Waals surface area contributed by atoms with Crippen LogP contribution in [-0.4, -0.2) is 58.1 Å². The Bertz CT molecular complexity index is 1420. The third-order valence-electron chi connectivity index (χ3n) is 9.53. The Morgan fingerprint density at radius 1 is 1.00 bits per heavy atom. The van der Waals surface area contributed by atoms with E-state index in [0.717, 1.165) is 29.8 Å². The van der Waals surface area contributed by atoms with E-state index < -0.39 is 11.5 Å². The molecule has 2 saturated carbocycles. The van der Waals surface area contributed by atoms with E-state index in [-0.39, 0.29) is 35.5 Å². The number of fused-ring (bicyclic) bond motifs is 3. The molecule has 3 aromatic rings. The second kappa shape index (κ2) is 11.4. The summed E-state index contributed by atoms with van der Waals surface area (Å²) in [6.45, 7) is 4.36. The highest BCUT2D eigenvalue weighted by atomic mass is 16.3. The van der Waals surface area contributed by atoms with Crippen molar-refractivity contribution in [2.45, 2.75) is 69.4 Å². The first-order valence-corrected chi connectivity index (χ1v) is 15.1. The fourth-order valence-corrected chi connectivity index (χ4v) is 7.02. The summed E-state index contributed by atoms with van der Waals surface area (Å²) >= 11 is 0. The number of ketones is 1. The van der Waals surface area contributed by atoms with E-state index in [1.165, 1.54) is 18.4 Å². The molecule has 214 valence electrons. The summed E-state index contributed by atoms with van der Waals surface area (Å²) in [5.41, 5.74) is 4.04. The van der Waals surface area contributed by atoms with Gasteiger partial charge < -0.3 is 15.5 Å². The molecule has 1 unspecified atom stereocenters. The minimum Gasteiger partial charge on any atom is -0.507 e. The van der Waals surface area contributed by atoms with Crippen molar-refractivity contribution in [1.82, 2.24) is 10.2 Å². The standard InChI is InChI=1S/C35H40N2O4/c1-2-37(22-24-8-9-24)31-20-27-14-15-29(33(39)32(27)30-21-28(38)16-18-35(30,31)41)34(40)36-19-17-23-10-12-26(13-11-23)25-6-4-3-5-7-25/h3-7,10-15,24,30-31,39,41H,2,8-9,16-22H2,1H3,(H,36,40)/t30?,31-,35+/m1/s1. The van der Waals surface area contributed by atoms with Gasteiger partial charge in [-0.3, -0.25) is 14.5 Å². The zero-order valence-corrected chi connectivity index (χ0v) is 23.8. The van der Waals surface area contributed by atoms with Crippen LogP contribution in [0.5, 0.6) is 5.75 Å². The molecular weight excluding hydrogens is 512 g/mol. The van der Waals surface area contributed by atoms with Crippen molar-refractivity contribution in [2.75, 3.05) is 19.6 Å². The van der Waals surface area contributed by atoms with Crippen molar-refractivity contribution in [1.29, 1.82) is 0 Å². The normalized spacial score (nSPS) is 23.6. The van der Waals surface area contributed by atoms with Crippen LogP contribution in [0.4, 0.5) is 0 Å². The molecule has 0 aliphatic heterocycles. The molecule has 6 nitrogen and oxygen atoms in total. The molecule has 6 rings (SSSR count). The van der Waals surface area contributed by atoms with E-state index >= 15 is 0 Å². The van der Waals surface area contributed by atoms with E-state index in [1.54, 1.807) is 6.07 Å². The Balaban J connectivity index is 1.18. The number of amides is 1. The number of carbonyl (C=O) groups excluding carboxylic acids is 2. The highest BCUT2D eigenvalue weighted by Gasteiger charge is 2.54. The average Bonchev–Trinajstić information content (AvgIpc) is 3.81. The lowest BCUT2D eigenvalue weighted by Gasteiger charge is -2.52. The van der Waals surface area contributed by atoms with E-state index in [4.69, 9.17) is 0 Å². The van der Waals surface area contributed by atoms with Gasteiger partial charge in [-0.2, -0.15) is 0 Å². The molecule has 41 heavy (non-hydrogen) atoms. The lowest BCUT2D eigenvalue weighted by atomic mass is 9.61. The predicted molar refractivity (Wildman–Crippen MR) is 160 cm³/mol.